The molecule has 0 fully saturated rings. The van der Waals surface area contributed by atoms with Crippen LogP contribution in [0.3, 0.4) is 0 Å². The van der Waals surface area contributed by atoms with Crippen molar-refractivity contribution in [2.24, 2.45) is 7.05 Å². The maximum Gasteiger partial charge on any atom is 0.433 e. The number of alkyl halides is 3. The number of anilines is 1. The van der Waals surface area contributed by atoms with E-state index < -0.39 is 29.5 Å². The van der Waals surface area contributed by atoms with Gasteiger partial charge in [-0.15, -0.1) is 0 Å². The van der Waals surface area contributed by atoms with Gasteiger partial charge in [-0.1, -0.05) is 12.1 Å². The number of aromatic nitrogens is 4. The summed E-state index contributed by atoms with van der Waals surface area (Å²) in [7, 11) is 3.13. The molecule has 0 spiro atoms. The van der Waals surface area contributed by atoms with Crippen LogP contribution < -0.4 is 5.73 Å². The van der Waals surface area contributed by atoms with E-state index in [1.165, 1.54) is 33.0 Å². The highest BCUT2D eigenvalue weighted by Gasteiger charge is 2.33. The minimum absolute atomic E-state index is 0.0852. The number of aryl methyl sites for hydroxylation is 2. The van der Waals surface area contributed by atoms with Gasteiger partial charge in [0.2, 0.25) is 5.91 Å². The molecule has 2 aromatic carbocycles. The van der Waals surface area contributed by atoms with Crippen molar-refractivity contribution in [3.63, 3.8) is 0 Å². The van der Waals surface area contributed by atoms with Gasteiger partial charge in [0.15, 0.2) is 0 Å². The van der Waals surface area contributed by atoms with Gasteiger partial charge in [-0.05, 0) is 48.4 Å². The number of amides is 2. The average Bonchev–Trinajstić information content (AvgIpc) is 3.33. The molecular formula is C29H25F4N7O2. The molecule has 5 rings (SSSR count). The van der Waals surface area contributed by atoms with Crippen LogP contribution in [0.5, 0.6) is 0 Å². The minimum atomic E-state index is -4.60. The maximum atomic E-state index is 15.4. The topological polar surface area (TPSA) is 110 Å². The number of hydrogen-bond acceptors (Lipinski definition) is 6. The highest BCUT2D eigenvalue weighted by molar-refractivity contribution is 6.10. The summed E-state index contributed by atoms with van der Waals surface area (Å²) in [5.74, 6) is -1.45. The first-order valence-electron chi connectivity index (χ1n) is 12.7. The summed E-state index contributed by atoms with van der Waals surface area (Å²) in [6.07, 6.45) is -1.97. The highest BCUT2D eigenvalue weighted by atomic mass is 19.4. The van der Waals surface area contributed by atoms with Gasteiger partial charge < -0.3 is 5.73 Å². The molecule has 0 aliphatic rings. The number of nitrogens with two attached hydrogens (primary N) is 1. The van der Waals surface area contributed by atoms with E-state index in [-0.39, 0.29) is 23.2 Å². The van der Waals surface area contributed by atoms with Gasteiger partial charge in [0.25, 0.3) is 5.91 Å². The standard InChI is InChI=1S/C29H25F4N7O2/c1-15-9-25(29(31,32)33)35-12-21(15)17-5-6-19(23(30)11-17)14-40(39(4)16(2)41)28(42)18-7-8-24-20(10-18)26-22(27(34)37-24)13-36-38(26)3/h5-13H,14H2,1-4H3,(H2,34,37). The third kappa shape index (κ3) is 5.08. The molecule has 42 heavy (non-hydrogen) atoms. The molecule has 3 aromatic heterocycles. The molecule has 0 bridgehead atoms. The number of carbonyl (C=O) groups excluding carboxylic acids is 2. The van der Waals surface area contributed by atoms with Gasteiger partial charge in [0, 0.05) is 49.3 Å². The molecule has 2 N–H and O–H groups in total. The van der Waals surface area contributed by atoms with E-state index in [1.807, 2.05) is 0 Å². The van der Waals surface area contributed by atoms with E-state index in [9.17, 15) is 22.8 Å². The van der Waals surface area contributed by atoms with Gasteiger partial charge in [-0.25, -0.2) is 14.4 Å². The second kappa shape index (κ2) is 10.4. The van der Waals surface area contributed by atoms with Gasteiger partial charge in [-0.2, -0.15) is 18.3 Å². The molecule has 13 heteroatoms. The Morgan fingerprint density at radius 2 is 1.79 bits per heavy atom. The van der Waals surface area contributed by atoms with E-state index in [0.29, 0.717) is 38.8 Å². The molecule has 0 saturated heterocycles. The number of rotatable bonds is 4. The number of nitrogens with zero attached hydrogens (tertiary/aromatic N) is 6. The SMILES string of the molecule is CC(=O)N(C)N(Cc1ccc(-c2cnc(C(F)(F)F)cc2C)cc1F)C(=O)c1ccc2nc(N)c3cnn(C)c3c2c1. The Balaban J connectivity index is 1.50. The summed E-state index contributed by atoms with van der Waals surface area (Å²) in [6.45, 7) is 2.45. The van der Waals surface area contributed by atoms with Crippen molar-refractivity contribution >= 4 is 39.4 Å². The molecular weight excluding hydrogens is 554 g/mol. The van der Waals surface area contributed by atoms with Crippen molar-refractivity contribution < 1.29 is 27.2 Å². The smallest absolute Gasteiger partial charge is 0.383 e. The Labute approximate surface area is 237 Å². The Bertz CT molecular complexity index is 1880. The molecule has 3 heterocycles. The Morgan fingerprint density at radius 3 is 2.43 bits per heavy atom. The minimum Gasteiger partial charge on any atom is -0.383 e. The zero-order valence-electron chi connectivity index (χ0n) is 23.0. The Kier molecular flexibility index (Phi) is 7.05. The number of nitrogen functional groups attached to an aromatic ring is 1. The van der Waals surface area contributed by atoms with Crippen molar-refractivity contribution in [2.75, 3.05) is 12.8 Å². The molecule has 0 radical (unpaired) electrons. The lowest BCUT2D eigenvalue weighted by molar-refractivity contribution is -0.141. The lowest BCUT2D eigenvalue weighted by Gasteiger charge is -2.31. The molecule has 216 valence electrons. The normalized spacial score (nSPS) is 11.7. The predicted molar refractivity (Wildman–Crippen MR) is 148 cm³/mol. The van der Waals surface area contributed by atoms with Crippen molar-refractivity contribution in [1.82, 2.24) is 29.8 Å². The van der Waals surface area contributed by atoms with Crippen LogP contribution >= 0.6 is 0 Å². The van der Waals surface area contributed by atoms with Crippen LogP contribution in [0.25, 0.3) is 32.9 Å². The molecule has 0 aliphatic heterocycles. The fourth-order valence-corrected chi connectivity index (χ4v) is 4.74. The summed E-state index contributed by atoms with van der Waals surface area (Å²) in [6, 6.07) is 9.80. The van der Waals surface area contributed by atoms with Gasteiger partial charge in [-0.3, -0.25) is 24.3 Å². The zero-order chi connectivity index (χ0) is 30.5. The zero-order valence-corrected chi connectivity index (χ0v) is 23.0. The third-order valence-corrected chi connectivity index (χ3v) is 7.09. The van der Waals surface area contributed by atoms with Crippen LogP contribution in [-0.4, -0.2) is 48.6 Å². The van der Waals surface area contributed by atoms with Crippen molar-refractivity contribution in [3.8, 4) is 11.1 Å². The number of carbonyl (C=O) groups is 2. The van der Waals surface area contributed by atoms with E-state index in [2.05, 4.69) is 15.1 Å². The van der Waals surface area contributed by atoms with Crippen LogP contribution in [0, 0.1) is 12.7 Å². The van der Waals surface area contributed by atoms with Crippen LogP contribution in [0.4, 0.5) is 23.4 Å². The molecule has 5 aromatic rings. The van der Waals surface area contributed by atoms with E-state index in [0.717, 1.165) is 28.3 Å². The van der Waals surface area contributed by atoms with Crippen LogP contribution in [0.2, 0.25) is 0 Å². The lowest BCUT2D eigenvalue weighted by Crippen LogP contribution is -2.46. The third-order valence-electron chi connectivity index (χ3n) is 7.09. The van der Waals surface area contributed by atoms with Gasteiger partial charge in [0.05, 0.1) is 29.2 Å². The summed E-state index contributed by atoms with van der Waals surface area (Å²) < 4.78 is 56.1. The fourth-order valence-electron chi connectivity index (χ4n) is 4.74. The molecule has 2 amide bonds. The van der Waals surface area contributed by atoms with E-state index >= 15 is 4.39 Å². The second-order valence-electron chi connectivity index (χ2n) is 9.85. The van der Waals surface area contributed by atoms with Gasteiger partial charge >= 0.3 is 6.18 Å². The maximum absolute atomic E-state index is 15.4. The largest absolute Gasteiger partial charge is 0.433 e. The van der Waals surface area contributed by atoms with Crippen molar-refractivity contribution in [2.45, 2.75) is 26.6 Å². The number of hydrogen-bond donors (Lipinski definition) is 1. The number of hydrazine groups is 1. The van der Waals surface area contributed by atoms with Gasteiger partial charge in [0.1, 0.15) is 17.3 Å². The second-order valence-corrected chi connectivity index (χ2v) is 9.85. The number of halogens is 4. The highest BCUT2D eigenvalue weighted by Crippen LogP contribution is 2.32. The summed E-state index contributed by atoms with van der Waals surface area (Å²) in [4.78, 5) is 33.9. The Morgan fingerprint density at radius 1 is 1.05 bits per heavy atom. The van der Waals surface area contributed by atoms with Crippen molar-refractivity contribution in [3.05, 3.63) is 83.1 Å². The summed E-state index contributed by atoms with van der Waals surface area (Å²) in [5.41, 5.74) is 7.46. The van der Waals surface area contributed by atoms with Crippen LogP contribution in [0.1, 0.15) is 34.1 Å². The number of fused-ring (bicyclic) bond motifs is 3. The Hall–Kier alpha value is -5.07. The molecule has 0 atom stereocenters. The molecule has 0 saturated carbocycles. The summed E-state index contributed by atoms with van der Waals surface area (Å²) in [5, 5.41) is 7.67. The average molecular weight is 580 g/mol. The van der Waals surface area contributed by atoms with E-state index in [1.54, 1.807) is 36.1 Å². The van der Waals surface area contributed by atoms with E-state index in [4.69, 9.17) is 5.73 Å². The fraction of sp³-hybridized carbons (Fsp3) is 0.207. The summed E-state index contributed by atoms with van der Waals surface area (Å²) >= 11 is 0. The number of benzene rings is 2. The molecule has 0 unspecified atom stereocenters. The molecule has 9 nitrogen and oxygen atoms in total. The lowest BCUT2D eigenvalue weighted by atomic mass is 10.00. The first kappa shape index (κ1) is 28.5. The first-order valence-corrected chi connectivity index (χ1v) is 12.7. The predicted octanol–water partition coefficient (Wildman–Crippen LogP) is 5.27. The number of pyridine rings is 2. The van der Waals surface area contributed by atoms with Crippen LogP contribution in [0.15, 0.2) is 54.9 Å². The van der Waals surface area contributed by atoms with Crippen LogP contribution in [-0.2, 0) is 24.6 Å². The first-order chi connectivity index (χ1) is 19.8. The monoisotopic (exact) mass is 579 g/mol. The molecule has 0 aliphatic carbocycles. The quantitative estimate of drug-likeness (QED) is 0.230. The van der Waals surface area contributed by atoms with Crippen molar-refractivity contribution in [1.29, 1.82) is 0 Å².